The minimum Gasteiger partial charge on any atom is -0.289 e. The van der Waals surface area contributed by atoms with E-state index in [0.29, 0.717) is 5.56 Å². The van der Waals surface area contributed by atoms with Crippen LogP contribution in [-0.2, 0) is 19.7 Å². The Hall–Kier alpha value is -0.990. The van der Waals surface area contributed by atoms with Gasteiger partial charge in [0.1, 0.15) is 0 Å². The topological polar surface area (TPSA) is 101 Å². The van der Waals surface area contributed by atoms with E-state index in [4.69, 9.17) is 4.55 Å². The van der Waals surface area contributed by atoms with Gasteiger partial charge in [-0.05, 0) is 17.7 Å². The second-order valence-corrected chi connectivity index (χ2v) is 4.80. The first-order valence-corrected chi connectivity index (χ1v) is 5.97. The zero-order valence-corrected chi connectivity index (χ0v) is 12.2. The number of rotatable bonds is 2. The Bertz CT molecular complexity index is 633. The summed E-state index contributed by atoms with van der Waals surface area (Å²) in [6.45, 7) is 0. The first-order chi connectivity index (χ1) is 7.88. The fourth-order valence-electron chi connectivity index (χ4n) is 1.43. The van der Waals surface area contributed by atoms with E-state index in [0.717, 1.165) is 18.2 Å². The van der Waals surface area contributed by atoms with E-state index in [1.54, 1.807) is 0 Å². The van der Waals surface area contributed by atoms with Gasteiger partial charge in [-0.3, -0.25) is 19.5 Å². The molecule has 1 heterocycles. The number of benzene rings is 1. The number of hydrogen-bond donors (Lipinski definition) is 2. The first kappa shape index (κ1) is 15.1. The first-order valence-electron chi connectivity index (χ1n) is 4.53. The van der Waals surface area contributed by atoms with Crippen LogP contribution in [0, 0.1) is 0 Å². The summed E-state index contributed by atoms with van der Waals surface area (Å²) in [5.74, 6) is -1.04. The van der Waals surface area contributed by atoms with Crippen molar-refractivity contribution in [1.29, 1.82) is 0 Å². The molecule has 1 aliphatic heterocycles. The van der Waals surface area contributed by atoms with E-state index in [-0.39, 0.29) is 40.0 Å². The van der Waals surface area contributed by atoms with Gasteiger partial charge in [-0.1, -0.05) is 12.1 Å². The van der Waals surface area contributed by atoms with E-state index in [1.165, 1.54) is 12.1 Å². The zero-order chi connectivity index (χ0) is 12.6. The molecule has 2 rings (SSSR count). The van der Waals surface area contributed by atoms with E-state index in [2.05, 4.69) is 5.32 Å². The third kappa shape index (κ3) is 3.06. The molecule has 0 bridgehead atoms. The molecule has 6 nitrogen and oxygen atoms in total. The van der Waals surface area contributed by atoms with Crippen molar-refractivity contribution in [2.75, 3.05) is 0 Å². The maximum atomic E-state index is 11.3. The largest absolute Gasteiger partial charge is 0.294 e. The fraction of sp³-hybridized carbons (Fsp3) is 0. The van der Waals surface area contributed by atoms with Crippen molar-refractivity contribution in [1.82, 2.24) is 5.32 Å². The maximum Gasteiger partial charge on any atom is 0.294 e. The Morgan fingerprint density at radius 2 is 1.61 bits per heavy atom. The van der Waals surface area contributed by atoms with Crippen LogP contribution in [0.15, 0.2) is 35.2 Å². The molecule has 8 heteroatoms. The summed E-state index contributed by atoms with van der Waals surface area (Å²) in [5.41, 5.74) is 0.567. The van der Waals surface area contributed by atoms with Crippen molar-refractivity contribution in [2.24, 2.45) is 0 Å². The van der Waals surface area contributed by atoms with Crippen molar-refractivity contribution in [3.63, 3.8) is 0 Å². The SMILES string of the molecule is O=C1C=C(c2ccc(S(=O)(=O)O)cc2)C(=O)N1.[Na]. The average Bonchev–Trinajstić information content (AvgIpc) is 2.57. The van der Waals surface area contributed by atoms with E-state index in [9.17, 15) is 18.0 Å². The van der Waals surface area contributed by atoms with Crippen LogP contribution in [0.1, 0.15) is 5.56 Å². The minimum absolute atomic E-state index is 0. The molecule has 0 atom stereocenters. The van der Waals surface area contributed by atoms with Crippen LogP contribution in [-0.4, -0.2) is 54.3 Å². The van der Waals surface area contributed by atoms with Crippen LogP contribution in [0.3, 0.4) is 0 Å². The van der Waals surface area contributed by atoms with Gasteiger partial charge in [-0.25, -0.2) is 0 Å². The molecular formula is C10H7NNaO5S. The van der Waals surface area contributed by atoms with Crippen LogP contribution in [0.4, 0.5) is 0 Å². The molecule has 0 spiro atoms. The molecule has 0 saturated heterocycles. The standard InChI is InChI=1S/C10H7NO5S.Na/c12-9-5-8(10(13)11-9)6-1-3-7(4-2-6)17(14,15)16;/h1-5H,(H,11,12,13)(H,14,15,16);. The van der Waals surface area contributed by atoms with Gasteiger partial charge < -0.3 is 0 Å². The second kappa shape index (κ2) is 5.33. The van der Waals surface area contributed by atoms with Gasteiger partial charge in [-0.2, -0.15) is 8.42 Å². The van der Waals surface area contributed by atoms with Gasteiger partial charge in [0.05, 0.1) is 10.5 Å². The Morgan fingerprint density at radius 1 is 1.06 bits per heavy atom. The van der Waals surface area contributed by atoms with Crippen LogP contribution in [0.5, 0.6) is 0 Å². The fourth-order valence-corrected chi connectivity index (χ4v) is 1.91. The van der Waals surface area contributed by atoms with Crippen LogP contribution in [0.2, 0.25) is 0 Å². The third-order valence-electron chi connectivity index (χ3n) is 2.22. The summed E-state index contributed by atoms with van der Waals surface area (Å²) in [5, 5.41) is 2.07. The van der Waals surface area contributed by atoms with Crippen molar-refractivity contribution >= 4 is 57.1 Å². The molecule has 0 saturated carbocycles. The summed E-state index contributed by atoms with van der Waals surface area (Å²) in [4.78, 5) is 21.9. The molecule has 89 valence electrons. The number of hydrogen-bond acceptors (Lipinski definition) is 4. The second-order valence-electron chi connectivity index (χ2n) is 3.38. The molecule has 1 radical (unpaired) electrons. The molecule has 2 N–H and O–H groups in total. The van der Waals surface area contributed by atoms with E-state index in [1.807, 2.05) is 0 Å². The zero-order valence-electron chi connectivity index (χ0n) is 9.38. The van der Waals surface area contributed by atoms with Crippen molar-refractivity contribution in [3.8, 4) is 0 Å². The molecule has 1 aromatic rings. The van der Waals surface area contributed by atoms with Crippen LogP contribution in [0.25, 0.3) is 5.57 Å². The van der Waals surface area contributed by atoms with E-state index < -0.39 is 21.9 Å². The summed E-state index contributed by atoms with van der Waals surface area (Å²) in [7, 11) is -4.25. The molecule has 0 aromatic heterocycles. The number of carbonyl (C=O) groups is 2. The van der Waals surface area contributed by atoms with Gasteiger partial charge in [0, 0.05) is 35.6 Å². The van der Waals surface area contributed by atoms with Crippen molar-refractivity contribution in [2.45, 2.75) is 4.90 Å². The third-order valence-corrected chi connectivity index (χ3v) is 3.09. The number of amides is 2. The molecule has 2 amide bonds. The molecular weight excluding hydrogens is 269 g/mol. The number of carbonyl (C=O) groups excluding carboxylic acids is 2. The number of nitrogens with one attached hydrogen (secondary N) is 1. The van der Waals surface area contributed by atoms with E-state index >= 15 is 0 Å². The Kier molecular flexibility index (Phi) is 4.46. The van der Waals surface area contributed by atoms with Crippen molar-refractivity contribution in [3.05, 3.63) is 35.9 Å². The molecule has 18 heavy (non-hydrogen) atoms. The quantitative estimate of drug-likeness (QED) is 0.434. The number of imide groups is 1. The molecule has 1 aliphatic rings. The smallest absolute Gasteiger partial charge is 0.289 e. The summed E-state index contributed by atoms with van der Waals surface area (Å²) >= 11 is 0. The van der Waals surface area contributed by atoms with Crippen molar-refractivity contribution < 1.29 is 22.6 Å². The molecule has 0 fully saturated rings. The molecule has 0 aliphatic carbocycles. The predicted molar refractivity (Wildman–Crippen MR) is 63.1 cm³/mol. The van der Waals surface area contributed by atoms with Gasteiger partial charge in [-0.15, -0.1) is 0 Å². The van der Waals surface area contributed by atoms with Gasteiger partial charge >= 0.3 is 0 Å². The average molecular weight is 276 g/mol. The normalized spacial score (nSPS) is 14.8. The minimum atomic E-state index is -4.25. The van der Waals surface area contributed by atoms with Crippen LogP contribution < -0.4 is 5.32 Å². The van der Waals surface area contributed by atoms with Gasteiger partial charge in [0.2, 0.25) is 0 Å². The summed E-state index contributed by atoms with van der Waals surface area (Å²) in [6.07, 6.45) is 1.13. The molecule has 0 unspecified atom stereocenters. The van der Waals surface area contributed by atoms with Gasteiger partial charge in [0.15, 0.2) is 0 Å². The Balaban J connectivity index is 0.00000162. The van der Waals surface area contributed by atoms with Gasteiger partial charge in [0.25, 0.3) is 21.9 Å². The Labute approximate surface area is 125 Å². The maximum absolute atomic E-state index is 11.3. The predicted octanol–water partition coefficient (Wildman–Crippen LogP) is -0.408. The Morgan fingerprint density at radius 3 is 2.00 bits per heavy atom. The summed E-state index contributed by atoms with van der Waals surface area (Å²) in [6, 6.07) is 4.99. The summed E-state index contributed by atoms with van der Waals surface area (Å²) < 4.78 is 30.3. The monoisotopic (exact) mass is 276 g/mol. The van der Waals surface area contributed by atoms with Crippen LogP contribution >= 0.6 is 0 Å². The molecule has 1 aromatic carbocycles.